The van der Waals surface area contributed by atoms with Gasteiger partial charge >= 0.3 is 12.0 Å². The van der Waals surface area contributed by atoms with Crippen LogP contribution in [0.25, 0.3) is 0 Å². The van der Waals surface area contributed by atoms with E-state index in [2.05, 4.69) is 10.6 Å². The van der Waals surface area contributed by atoms with Crippen molar-refractivity contribution >= 4 is 12.0 Å². The van der Waals surface area contributed by atoms with Crippen molar-refractivity contribution < 1.29 is 19.4 Å². The fourth-order valence-corrected chi connectivity index (χ4v) is 1.59. The molecule has 0 bridgehead atoms. The zero-order valence-electron chi connectivity index (χ0n) is 11.6. The van der Waals surface area contributed by atoms with Crippen molar-refractivity contribution in [3.8, 4) is 0 Å². The molecule has 6 nitrogen and oxygen atoms in total. The number of carbonyl (C=O) groups is 2. The van der Waals surface area contributed by atoms with E-state index in [0.29, 0.717) is 19.6 Å². The van der Waals surface area contributed by atoms with E-state index in [1.165, 1.54) is 0 Å². The number of methoxy groups -OCH3 is 1. The Morgan fingerprint density at radius 2 is 2.00 bits per heavy atom. The number of urea groups is 1. The molecule has 6 heteroatoms. The van der Waals surface area contributed by atoms with Crippen molar-refractivity contribution in [2.24, 2.45) is 5.92 Å². The molecule has 2 amide bonds. The molecule has 1 unspecified atom stereocenters. The number of hydrogen-bond donors (Lipinski definition) is 3. The predicted octanol–water partition coefficient (Wildman–Crippen LogP) is 1.21. The Kier molecular flexibility index (Phi) is 7.35. The minimum absolute atomic E-state index is 0.0428. The summed E-state index contributed by atoms with van der Waals surface area (Å²) in [5.74, 6) is -0.887. The summed E-state index contributed by atoms with van der Waals surface area (Å²) in [7, 11) is 1.57. The number of aliphatic carboxylic acids is 1. The van der Waals surface area contributed by atoms with E-state index in [0.717, 1.165) is 0 Å². The molecule has 0 aliphatic rings. The molecule has 0 heterocycles. The summed E-state index contributed by atoms with van der Waals surface area (Å²) in [6, 6.07) is -0.305. The summed E-state index contributed by atoms with van der Waals surface area (Å²) in [6.07, 6.45) is 0.784. The van der Waals surface area contributed by atoms with E-state index in [1.54, 1.807) is 7.11 Å². The summed E-state index contributed by atoms with van der Waals surface area (Å²) < 4.78 is 4.99. The van der Waals surface area contributed by atoms with Gasteiger partial charge in [-0.2, -0.15) is 0 Å². The third kappa shape index (κ3) is 7.89. The van der Waals surface area contributed by atoms with E-state index in [4.69, 9.17) is 9.84 Å². The Bertz CT molecular complexity index is 279. The van der Waals surface area contributed by atoms with Crippen LogP contribution in [-0.2, 0) is 9.53 Å². The van der Waals surface area contributed by atoms with Crippen LogP contribution >= 0.6 is 0 Å². The second-order valence-electron chi connectivity index (χ2n) is 5.02. The molecule has 18 heavy (non-hydrogen) atoms. The highest BCUT2D eigenvalue weighted by atomic mass is 16.5. The molecule has 0 saturated heterocycles. The second kappa shape index (κ2) is 7.92. The maximum absolute atomic E-state index is 11.6. The van der Waals surface area contributed by atoms with Crippen LogP contribution < -0.4 is 10.6 Å². The molecular formula is C12H24N2O4. The lowest BCUT2D eigenvalue weighted by Gasteiger charge is -2.26. The van der Waals surface area contributed by atoms with Gasteiger partial charge in [0.1, 0.15) is 0 Å². The van der Waals surface area contributed by atoms with Crippen LogP contribution in [0.3, 0.4) is 0 Å². The number of nitrogens with one attached hydrogen (secondary N) is 2. The van der Waals surface area contributed by atoms with E-state index in [-0.39, 0.29) is 18.4 Å². The molecule has 0 aromatic heterocycles. The van der Waals surface area contributed by atoms with Crippen LogP contribution in [0.15, 0.2) is 0 Å². The predicted molar refractivity (Wildman–Crippen MR) is 68.5 cm³/mol. The van der Waals surface area contributed by atoms with Crippen LogP contribution in [-0.4, -0.2) is 42.9 Å². The van der Waals surface area contributed by atoms with Gasteiger partial charge in [-0.15, -0.1) is 0 Å². The van der Waals surface area contributed by atoms with Gasteiger partial charge in [0.05, 0.1) is 12.1 Å². The third-order valence-corrected chi connectivity index (χ3v) is 2.55. The van der Waals surface area contributed by atoms with Gasteiger partial charge in [-0.25, -0.2) is 4.79 Å². The maximum atomic E-state index is 11.6. The summed E-state index contributed by atoms with van der Waals surface area (Å²) in [4.78, 5) is 22.2. The fourth-order valence-electron chi connectivity index (χ4n) is 1.59. The smallest absolute Gasteiger partial charge is 0.315 e. The largest absolute Gasteiger partial charge is 0.481 e. The molecule has 0 fully saturated rings. The third-order valence-electron chi connectivity index (χ3n) is 2.55. The van der Waals surface area contributed by atoms with Crippen LogP contribution in [0.5, 0.6) is 0 Å². The van der Waals surface area contributed by atoms with E-state index in [9.17, 15) is 9.59 Å². The van der Waals surface area contributed by atoms with Gasteiger partial charge < -0.3 is 20.5 Å². The lowest BCUT2D eigenvalue weighted by atomic mass is 10.0. The lowest BCUT2D eigenvalue weighted by Crippen LogP contribution is -2.51. The molecule has 0 aliphatic carbocycles. The number of carboxylic acid groups (broad SMARTS) is 1. The fraction of sp³-hybridized carbons (Fsp3) is 0.833. The number of hydrogen-bond acceptors (Lipinski definition) is 3. The van der Waals surface area contributed by atoms with Gasteiger partial charge in [0.2, 0.25) is 0 Å². The number of carbonyl (C=O) groups excluding carboxylic acids is 1. The van der Waals surface area contributed by atoms with Gasteiger partial charge in [-0.1, -0.05) is 13.3 Å². The molecule has 0 saturated carbocycles. The first-order valence-electron chi connectivity index (χ1n) is 6.07. The van der Waals surface area contributed by atoms with Crippen LogP contribution in [0.2, 0.25) is 0 Å². The highest BCUT2D eigenvalue weighted by Gasteiger charge is 2.20. The molecule has 3 N–H and O–H groups in total. The summed E-state index contributed by atoms with van der Waals surface area (Å²) in [6.45, 7) is 6.38. The molecule has 106 valence electrons. The molecule has 1 atom stereocenters. The normalized spacial score (nSPS) is 12.9. The molecule has 0 rings (SSSR count). The highest BCUT2D eigenvalue weighted by Crippen LogP contribution is 2.07. The molecule has 0 aliphatic heterocycles. The standard InChI is InChI=1S/C12H24N2O4/c1-5-9(6-10(15)16)7-13-11(17)14-12(2,3)8-18-4/h9H,5-8H2,1-4H3,(H,15,16)(H2,13,14,17). The Labute approximate surface area is 108 Å². The van der Waals surface area contributed by atoms with Crippen LogP contribution in [0, 0.1) is 5.92 Å². The molecule has 0 radical (unpaired) electrons. The zero-order valence-corrected chi connectivity index (χ0v) is 11.6. The SMILES string of the molecule is CCC(CNC(=O)NC(C)(C)COC)CC(=O)O. The molecule has 0 spiro atoms. The van der Waals surface area contributed by atoms with Gasteiger partial charge in [0, 0.05) is 20.1 Å². The Morgan fingerprint density at radius 1 is 1.39 bits per heavy atom. The summed E-state index contributed by atoms with van der Waals surface area (Å²) >= 11 is 0. The number of rotatable bonds is 8. The van der Waals surface area contributed by atoms with Crippen molar-refractivity contribution in [2.75, 3.05) is 20.3 Å². The lowest BCUT2D eigenvalue weighted by molar-refractivity contribution is -0.138. The Hall–Kier alpha value is -1.30. The van der Waals surface area contributed by atoms with E-state index in [1.807, 2.05) is 20.8 Å². The van der Waals surface area contributed by atoms with Gasteiger partial charge in [0.25, 0.3) is 0 Å². The van der Waals surface area contributed by atoms with Crippen LogP contribution in [0.4, 0.5) is 4.79 Å². The maximum Gasteiger partial charge on any atom is 0.315 e. The summed E-state index contributed by atoms with van der Waals surface area (Å²) in [5, 5.41) is 14.1. The highest BCUT2D eigenvalue weighted by molar-refractivity contribution is 5.74. The first-order valence-corrected chi connectivity index (χ1v) is 6.07. The second-order valence-corrected chi connectivity index (χ2v) is 5.02. The number of ether oxygens (including phenoxy) is 1. The van der Waals surface area contributed by atoms with E-state index < -0.39 is 11.5 Å². The molecular weight excluding hydrogens is 236 g/mol. The monoisotopic (exact) mass is 260 g/mol. The van der Waals surface area contributed by atoms with Crippen molar-refractivity contribution in [3.05, 3.63) is 0 Å². The first-order chi connectivity index (χ1) is 8.30. The number of carboxylic acids is 1. The Morgan fingerprint density at radius 3 is 2.44 bits per heavy atom. The van der Waals surface area contributed by atoms with E-state index >= 15 is 0 Å². The summed E-state index contributed by atoms with van der Waals surface area (Å²) in [5.41, 5.74) is -0.451. The van der Waals surface area contributed by atoms with Gasteiger partial charge in [-0.05, 0) is 19.8 Å². The minimum atomic E-state index is -0.844. The molecule has 0 aromatic rings. The first kappa shape index (κ1) is 16.7. The van der Waals surface area contributed by atoms with Crippen molar-refractivity contribution in [2.45, 2.75) is 39.2 Å². The van der Waals surface area contributed by atoms with Gasteiger partial charge in [0.15, 0.2) is 0 Å². The molecule has 0 aromatic carbocycles. The number of amides is 2. The van der Waals surface area contributed by atoms with Gasteiger partial charge in [-0.3, -0.25) is 4.79 Å². The minimum Gasteiger partial charge on any atom is -0.481 e. The average Bonchev–Trinajstić information content (AvgIpc) is 2.22. The quantitative estimate of drug-likeness (QED) is 0.612. The van der Waals surface area contributed by atoms with Crippen molar-refractivity contribution in [1.82, 2.24) is 10.6 Å². The van der Waals surface area contributed by atoms with Crippen molar-refractivity contribution in [3.63, 3.8) is 0 Å². The Balaban J connectivity index is 4.05. The topological polar surface area (TPSA) is 87.7 Å². The van der Waals surface area contributed by atoms with Crippen LogP contribution in [0.1, 0.15) is 33.6 Å². The van der Waals surface area contributed by atoms with Crippen molar-refractivity contribution in [1.29, 1.82) is 0 Å². The zero-order chi connectivity index (χ0) is 14.2. The average molecular weight is 260 g/mol.